The van der Waals surface area contributed by atoms with Crippen LogP contribution in [-0.4, -0.2) is 47.3 Å². The van der Waals surface area contributed by atoms with Crippen LogP contribution in [0.4, 0.5) is 13.2 Å². The molecule has 1 aliphatic rings. The lowest BCUT2D eigenvalue weighted by Crippen LogP contribution is -2.38. The summed E-state index contributed by atoms with van der Waals surface area (Å²) in [5.41, 5.74) is 9.27. The molecule has 2 amide bonds. The van der Waals surface area contributed by atoms with E-state index in [1.54, 1.807) is 4.90 Å². The fourth-order valence-electron chi connectivity index (χ4n) is 3.28. The van der Waals surface area contributed by atoms with Crippen LogP contribution in [0.5, 0.6) is 0 Å². The number of halogens is 3. The number of benzene rings is 1. The first-order valence-corrected chi connectivity index (χ1v) is 9.25. The largest absolute Gasteiger partial charge is 0.483 e. The number of guanidine groups is 1. The minimum absolute atomic E-state index is 0.0326. The Kier molecular flexibility index (Phi) is 9.28. The molecule has 1 aromatic rings. The Bertz CT molecular complexity index is 784. The number of hydrogen-bond donors (Lipinski definition) is 3. The van der Waals surface area contributed by atoms with E-state index in [-0.39, 0.29) is 29.4 Å². The van der Waals surface area contributed by atoms with E-state index in [0.717, 1.165) is 12.5 Å². The Morgan fingerprint density at radius 1 is 1.27 bits per heavy atom. The molecule has 11 heteroatoms. The van der Waals surface area contributed by atoms with Crippen LogP contribution in [0.1, 0.15) is 60.0 Å². The zero-order chi connectivity index (χ0) is 22.9. The molecule has 5 N–H and O–H groups in total. The second-order valence-electron chi connectivity index (χ2n) is 6.65. The molecule has 1 aromatic carbocycles. The Morgan fingerprint density at radius 3 is 2.30 bits per heavy atom. The van der Waals surface area contributed by atoms with Crippen molar-refractivity contribution in [2.75, 3.05) is 13.1 Å². The van der Waals surface area contributed by atoms with Crippen LogP contribution in [0, 0.1) is 0 Å². The van der Waals surface area contributed by atoms with Gasteiger partial charge in [0.15, 0.2) is 5.96 Å². The molecule has 2 rings (SSSR count). The Hall–Kier alpha value is -3.11. The van der Waals surface area contributed by atoms with E-state index in [2.05, 4.69) is 4.99 Å². The number of carboxylic acid groups (broad SMARTS) is 1. The van der Waals surface area contributed by atoms with Gasteiger partial charge in [-0.1, -0.05) is 13.0 Å². The summed E-state index contributed by atoms with van der Waals surface area (Å²) in [7, 11) is 0. The molecule has 0 aliphatic carbocycles. The fourth-order valence-corrected chi connectivity index (χ4v) is 3.28. The van der Waals surface area contributed by atoms with Crippen molar-refractivity contribution in [3.63, 3.8) is 0 Å². The van der Waals surface area contributed by atoms with Crippen LogP contribution in [0.25, 0.3) is 0 Å². The van der Waals surface area contributed by atoms with Gasteiger partial charge in [-0.2, -0.15) is 18.2 Å². The number of amides is 2. The van der Waals surface area contributed by atoms with Crippen molar-refractivity contribution in [2.24, 2.45) is 16.5 Å². The molecule has 8 nitrogen and oxygen atoms in total. The molecule has 0 radical (unpaired) electrons. The lowest BCUT2D eigenvalue weighted by atomic mass is 9.85. The monoisotopic (exact) mass is 430 g/mol. The second kappa shape index (κ2) is 11.2. The van der Waals surface area contributed by atoms with Gasteiger partial charge in [0, 0.05) is 25.1 Å². The first kappa shape index (κ1) is 24.9. The van der Waals surface area contributed by atoms with E-state index in [0.29, 0.717) is 32.4 Å². The van der Waals surface area contributed by atoms with Gasteiger partial charge in [-0.25, -0.2) is 0 Å². The first-order chi connectivity index (χ1) is 14.0. The molecule has 30 heavy (non-hydrogen) atoms. The van der Waals surface area contributed by atoms with Crippen LogP contribution in [-0.2, 0) is 15.8 Å². The van der Waals surface area contributed by atoms with Crippen molar-refractivity contribution in [2.45, 2.75) is 44.7 Å². The van der Waals surface area contributed by atoms with Crippen molar-refractivity contribution in [3.8, 4) is 0 Å². The van der Waals surface area contributed by atoms with Gasteiger partial charge in [-0.05, 0) is 42.9 Å². The summed E-state index contributed by atoms with van der Waals surface area (Å²) in [6.07, 6.45) is -2.54. The summed E-state index contributed by atoms with van der Waals surface area (Å²) < 4.78 is 40.7. The summed E-state index contributed by atoms with van der Waals surface area (Å²) >= 11 is 0. The van der Waals surface area contributed by atoms with Crippen molar-refractivity contribution in [1.29, 1.82) is 0 Å². The van der Waals surface area contributed by atoms with Gasteiger partial charge >= 0.3 is 6.18 Å². The highest BCUT2D eigenvalue weighted by molar-refractivity contribution is 6.02. The molecular formula is C19H25F3N4O4. The molecule has 1 saturated heterocycles. The average molecular weight is 430 g/mol. The molecule has 1 aliphatic heterocycles. The average Bonchev–Trinajstić information content (AvgIpc) is 2.67. The van der Waals surface area contributed by atoms with Crippen LogP contribution in [0.2, 0.25) is 0 Å². The van der Waals surface area contributed by atoms with Gasteiger partial charge in [0.05, 0.1) is 5.56 Å². The van der Waals surface area contributed by atoms with Crippen LogP contribution in [0.15, 0.2) is 23.2 Å². The summed E-state index contributed by atoms with van der Waals surface area (Å²) in [6, 6.07) is 3.40. The molecule has 0 saturated carbocycles. The van der Waals surface area contributed by atoms with E-state index in [1.807, 2.05) is 6.92 Å². The number of nitrogens with two attached hydrogens (primary N) is 2. The zero-order valence-corrected chi connectivity index (χ0v) is 16.5. The standard InChI is InChI=1S/C18H23F3N4O2.CH2O2/c1-2-3-15(26)25-8-6-11(7-9-25)13-5-4-12(16(27)24-17(22)23)10-14(13)18(19,20)21;2-1-3/h4-5,10-11H,2-3,6-9H2,1H3,(H4,22,23,24,27);1H,(H,2,3). The topological polar surface area (TPSA) is 139 Å². The molecule has 1 fully saturated rings. The molecule has 166 valence electrons. The highest BCUT2D eigenvalue weighted by Crippen LogP contribution is 2.39. The quantitative estimate of drug-likeness (QED) is 0.381. The minimum Gasteiger partial charge on any atom is -0.483 e. The minimum atomic E-state index is -4.61. The van der Waals surface area contributed by atoms with Gasteiger partial charge < -0.3 is 21.5 Å². The third kappa shape index (κ3) is 7.05. The molecule has 0 atom stereocenters. The maximum Gasteiger partial charge on any atom is 0.416 e. The van der Waals surface area contributed by atoms with Crippen LogP contribution < -0.4 is 11.5 Å². The lowest BCUT2D eigenvalue weighted by Gasteiger charge is -2.33. The number of nitrogens with zero attached hydrogens (tertiary/aromatic N) is 2. The van der Waals surface area contributed by atoms with E-state index >= 15 is 0 Å². The van der Waals surface area contributed by atoms with Crippen LogP contribution in [0.3, 0.4) is 0 Å². The summed E-state index contributed by atoms with van der Waals surface area (Å²) in [6.45, 7) is 2.51. The SMILES string of the molecule is CCCC(=O)N1CCC(c2ccc(C(=O)N=C(N)N)cc2C(F)(F)F)CC1.O=CO. The Morgan fingerprint density at radius 2 is 1.83 bits per heavy atom. The molecule has 0 unspecified atom stereocenters. The van der Waals surface area contributed by atoms with Gasteiger partial charge in [0.2, 0.25) is 5.91 Å². The summed E-state index contributed by atoms with van der Waals surface area (Å²) in [5, 5.41) is 6.89. The number of alkyl halides is 3. The van der Waals surface area contributed by atoms with Gasteiger partial charge in [0.25, 0.3) is 12.4 Å². The highest BCUT2D eigenvalue weighted by atomic mass is 19.4. The third-order valence-electron chi connectivity index (χ3n) is 4.59. The summed E-state index contributed by atoms with van der Waals surface area (Å²) in [4.78, 5) is 37.1. The maximum absolute atomic E-state index is 13.6. The van der Waals surface area contributed by atoms with Crippen molar-refractivity contribution < 1.29 is 32.7 Å². The molecule has 0 aromatic heterocycles. The van der Waals surface area contributed by atoms with Crippen molar-refractivity contribution in [3.05, 3.63) is 34.9 Å². The first-order valence-electron chi connectivity index (χ1n) is 9.25. The number of hydrogen-bond acceptors (Lipinski definition) is 3. The van der Waals surface area contributed by atoms with Gasteiger partial charge in [-0.15, -0.1) is 0 Å². The highest BCUT2D eigenvalue weighted by Gasteiger charge is 2.37. The van der Waals surface area contributed by atoms with Crippen molar-refractivity contribution in [1.82, 2.24) is 4.90 Å². The Labute approximate surface area is 171 Å². The number of aliphatic imine (C=N–C) groups is 1. The van der Waals surface area contributed by atoms with E-state index in [1.165, 1.54) is 12.1 Å². The van der Waals surface area contributed by atoms with E-state index in [9.17, 15) is 22.8 Å². The molecule has 0 bridgehead atoms. The second-order valence-corrected chi connectivity index (χ2v) is 6.65. The third-order valence-corrected chi connectivity index (χ3v) is 4.59. The normalized spacial score (nSPS) is 14.3. The maximum atomic E-state index is 13.6. The fraction of sp³-hybridized carbons (Fsp3) is 0.474. The van der Waals surface area contributed by atoms with Gasteiger partial charge in [-0.3, -0.25) is 14.4 Å². The number of piperidine rings is 1. The smallest absolute Gasteiger partial charge is 0.416 e. The summed E-state index contributed by atoms with van der Waals surface area (Å²) in [5.74, 6) is -1.74. The van der Waals surface area contributed by atoms with E-state index in [4.69, 9.17) is 21.4 Å². The lowest BCUT2D eigenvalue weighted by molar-refractivity contribution is -0.139. The van der Waals surface area contributed by atoms with Crippen LogP contribution >= 0.6 is 0 Å². The number of carbonyl (C=O) groups is 3. The van der Waals surface area contributed by atoms with Crippen molar-refractivity contribution >= 4 is 24.2 Å². The number of carbonyl (C=O) groups excluding carboxylic acids is 2. The predicted octanol–water partition coefficient (Wildman–Crippen LogP) is 2.33. The van der Waals surface area contributed by atoms with Gasteiger partial charge in [0.1, 0.15) is 0 Å². The Balaban J connectivity index is 0.00000141. The molecular weight excluding hydrogens is 405 g/mol. The zero-order valence-electron chi connectivity index (χ0n) is 16.5. The van der Waals surface area contributed by atoms with E-state index < -0.39 is 23.6 Å². The number of rotatable bonds is 4. The number of likely N-dealkylation sites (tertiary alicyclic amines) is 1. The molecule has 1 heterocycles. The predicted molar refractivity (Wildman–Crippen MR) is 104 cm³/mol. The molecule has 0 spiro atoms.